The second kappa shape index (κ2) is 9.01. The third kappa shape index (κ3) is 4.48. The van der Waals surface area contributed by atoms with Gasteiger partial charge in [-0.25, -0.2) is 9.97 Å². The number of rotatable bonds is 9. The van der Waals surface area contributed by atoms with Crippen molar-refractivity contribution in [2.45, 2.75) is 24.9 Å². The van der Waals surface area contributed by atoms with Crippen molar-refractivity contribution in [1.29, 1.82) is 0 Å². The molecule has 3 aromatic rings. The summed E-state index contributed by atoms with van der Waals surface area (Å²) >= 11 is 1.39. The first-order valence-electron chi connectivity index (χ1n) is 8.93. The first kappa shape index (κ1) is 19.4. The Morgan fingerprint density at radius 1 is 1.37 bits per heavy atom. The van der Waals surface area contributed by atoms with Crippen molar-refractivity contribution in [3.63, 3.8) is 0 Å². The van der Waals surface area contributed by atoms with E-state index < -0.39 is 0 Å². The van der Waals surface area contributed by atoms with Gasteiger partial charge in [0.2, 0.25) is 5.91 Å². The van der Waals surface area contributed by atoms with Crippen LogP contribution in [0.1, 0.15) is 25.6 Å². The van der Waals surface area contributed by atoms with Crippen molar-refractivity contribution in [2.24, 2.45) is 7.05 Å². The molecule has 27 heavy (non-hydrogen) atoms. The van der Waals surface area contributed by atoms with Crippen LogP contribution in [-0.4, -0.2) is 55.9 Å². The molecule has 144 valence electrons. The minimum absolute atomic E-state index is 0.0213. The summed E-state index contributed by atoms with van der Waals surface area (Å²) in [4.78, 5) is 23.1. The number of aromatic nitrogens is 4. The van der Waals surface area contributed by atoms with E-state index in [4.69, 9.17) is 4.42 Å². The van der Waals surface area contributed by atoms with Gasteiger partial charge in [0.25, 0.3) is 0 Å². The van der Waals surface area contributed by atoms with Crippen LogP contribution in [-0.2, 0) is 11.8 Å². The van der Waals surface area contributed by atoms with E-state index in [2.05, 4.69) is 39.1 Å². The monoisotopic (exact) mass is 388 g/mol. The highest BCUT2D eigenvalue weighted by atomic mass is 32.2. The van der Waals surface area contributed by atoms with Gasteiger partial charge in [-0.05, 0) is 25.2 Å². The Morgan fingerprint density at radius 2 is 2.19 bits per heavy atom. The van der Waals surface area contributed by atoms with Crippen molar-refractivity contribution in [1.82, 2.24) is 30.0 Å². The molecular weight excluding hydrogens is 364 g/mol. The van der Waals surface area contributed by atoms with E-state index in [0.717, 1.165) is 34.9 Å². The average molecular weight is 388 g/mol. The zero-order valence-electron chi connectivity index (χ0n) is 15.8. The molecule has 0 aromatic carbocycles. The third-order valence-corrected chi connectivity index (χ3v) is 5.46. The number of furan rings is 1. The molecule has 9 heteroatoms. The van der Waals surface area contributed by atoms with Crippen LogP contribution in [0, 0.1) is 0 Å². The van der Waals surface area contributed by atoms with Crippen molar-refractivity contribution >= 4 is 28.7 Å². The van der Waals surface area contributed by atoms with Crippen LogP contribution in [0.25, 0.3) is 11.0 Å². The first-order chi connectivity index (χ1) is 13.1. The summed E-state index contributed by atoms with van der Waals surface area (Å²) in [5, 5.41) is 8.83. The van der Waals surface area contributed by atoms with E-state index in [-0.39, 0.29) is 17.7 Å². The molecule has 0 aliphatic heterocycles. The van der Waals surface area contributed by atoms with E-state index in [1.807, 2.05) is 19.2 Å². The highest BCUT2D eigenvalue weighted by molar-refractivity contribution is 8.00. The molecule has 3 rings (SSSR count). The maximum absolute atomic E-state index is 12.4. The summed E-state index contributed by atoms with van der Waals surface area (Å²) in [6.45, 7) is 6.47. The number of carbonyl (C=O) groups excluding carboxylic acids is 1. The minimum Gasteiger partial charge on any atom is -0.468 e. The molecule has 0 aliphatic carbocycles. The number of amides is 1. The number of nitrogens with zero attached hydrogens (tertiary/aromatic N) is 5. The molecule has 3 heterocycles. The maximum Gasteiger partial charge on any atom is 0.230 e. The molecule has 0 saturated heterocycles. The van der Waals surface area contributed by atoms with Gasteiger partial charge in [-0.1, -0.05) is 25.6 Å². The molecule has 1 atom stereocenters. The Balaban J connectivity index is 1.59. The second-order valence-electron chi connectivity index (χ2n) is 6.03. The predicted octanol–water partition coefficient (Wildman–Crippen LogP) is 2.25. The number of hydrogen-bond acceptors (Lipinski definition) is 7. The fraction of sp³-hybridized carbons (Fsp3) is 0.444. The summed E-state index contributed by atoms with van der Waals surface area (Å²) in [5.74, 6) is 1.10. The zero-order valence-corrected chi connectivity index (χ0v) is 16.6. The standard InChI is InChI=1S/C18H24N6O2S/c1-4-24(5-2)14(15-7-6-8-26-15)10-19-16(25)11-27-18-13-9-22-23(3)17(13)20-12-21-18/h6-9,12,14H,4-5,10-11H2,1-3H3,(H,19,25)/t14-/m1/s1. The summed E-state index contributed by atoms with van der Waals surface area (Å²) in [5.41, 5.74) is 0.757. The number of hydrogen-bond donors (Lipinski definition) is 1. The zero-order chi connectivity index (χ0) is 19.2. The van der Waals surface area contributed by atoms with Crippen molar-refractivity contribution < 1.29 is 9.21 Å². The van der Waals surface area contributed by atoms with Gasteiger partial charge in [0, 0.05) is 13.6 Å². The molecule has 0 unspecified atom stereocenters. The van der Waals surface area contributed by atoms with Crippen LogP contribution in [0.15, 0.2) is 40.4 Å². The van der Waals surface area contributed by atoms with Gasteiger partial charge in [-0.3, -0.25) is 14.4 Å². The smallest absolute Gasteiger partial charge is 0.230 e. The average Bonchev–Trinajstić information content (AvgIpc) is 3.34. The molecule has 0 spiro atoms. The Bertz CT molecular complexity index is 875. The number of likely N-dealkylation sites (N-methyl/N-ethyl adjacent to an activating group) is 1. The minimum atomic E-state index is -0.0423. The van der Waals surface area contributed by atoms with Gasteiger partial charge in [-0.2, -0.15) is 5.10 Å². The Morgan fingerprint density at radius 3 is 2.89 bits per heavy atom. The Hall–Kier alpha value is -2.39. The van der Waals surface area contributed by atoms with Gasteiger partial charge < -0.3 is 9.73 Å². The molecule has 0 bridgehead atoms. The number of aryl methyl sites for hydroxylation is 1. The van der Waals surface area contributed by atoms with Gasteiger partial charge in [-0.15, -0.1) is 0 Å². The SMILES string of the molecule is CCN(CC)[C@H](CNC(=O)CSc1ncnc2c1cnn2C)c1ccco1. The van der Waals surface area contributed by atoms with Gasteiger partial charge in [0.15, 0.2) is 5.65 Å². The fourth-order valence-electron chi connectivity index (χ4n) is 3.01. The predicted molar refractivity (Wildman–Crippen MR) is 104 cm³/mol. The summed E-state index contributed by atoms with van der Waals surface area (Å²) < 4.78 is 7.26. The number of thioether (sulfide) groups is 1. The van der Waals surface area contributed by atoms with Gasteiger partial charge in [0.05, 0.1) is 29.6 Å². The molecule has 0 radical (unpaired) electrons. The quantitative estimate of drug-likeness (QED) is 0.444. The summed E-state index contributed by atoms with van der Waals surface area (Å²) in [7, 11) is 1.83. The summed E-state index contributed by atoms with van der Waals surface area (Å²) in [6.07, 6.45) is 4.89. The third-order valence-electron chi connectivity index (χ3n) is 4.45. The molecule has 8 nitrogen and oxygen atoms in total. The number of nitrogens with one attached hydrogen (secondary N) is 1. The van der Waals surface area contributed by atoms with Crippen molar-refractivity contribution in [3.8, 4) is 0 Å². The van der Waals surface area contributed by atoms with Gasteiger partial charge >= 0.3 is 0 Å². The molecule has 0 saturated carbocycles. The number of carbonyl (C=O) groups is 1. The van der Waals surface area contributed by atoms with E-state index >= 15 is 0 Å². The molecule has 1 N–H and O–H groups in total. The second-order valence-corrected chi connectivity index (χ2v) is 6.99. The molecule has 3 aromatic heterocycles. The van der Waals surface area contributed by atoms with Crippen molar-refractivity contribution in [2.75, 3.05) is 25.4 Å². The lowest BCUT2D eigenvalue weighted by atomic mass is 10.2. The maximum atomic E-state index is 12.4. The Labute approximate surface area is 162 Å². The lowest BCUT2D eigenvalue weighted by Crippen LogP contribution is -2.38. The van der Waals surface area contributed by atoms with E-state index in [1.165, 1.54) is 18.1 Å². The topological polar surface area (TPSA) is 89.1 Å². The van der Waals surface area contributed by atoms with Crippen LogP contribution in [0.5, 0.6) is 0 Å². The molecule has 0 aliphatic rings. The van der Waals surface area contributed by atoms with Crippen molar-refractivity contribution in [3.05, 3.63) is 36.7 Å². The van der Waals surface area contributed by atoms with E-state index in [0.29, 0.717) is 6.54 Å². The molecule has 0 fully saturated rings. The van der Waals surface area contributed by atoms with E-state index in [9.17, 15) is 4.79 Å². The fourth-order valence-corrected chi connectivity index (χ4v) is 3.80. The molecule has 1 amide bonds. The lowest BCUT2D eigenvalue weighted by Gasteiger charge is -2.28. The van der Waals surface area contributed by atoms with Gasteiger partial charge in [0.1, 0.15) is 17.1 Å². The highest BCUT2D eigenvalue weighted by Gasteiger charge is 2.21. The number of fused-ring (bicyclic) bond motifs is 1. The van der Waals surface area contributed by atoms with E-state index in [1.54, 1.807) is 17.1 Å². The Kier molecular flexibility index (Phi) is 6.46. The molecular formula is C18H24N6O2S. The summed E-state index contributed by atoms with van der Waals surface area (Å²) in [6, 6.07) is 3.84. The van der Waals surface area contributed by atoms with Crippen LogP contribution in [0.3, 0.4) is 0 Å². The van der Waals surface area contributed by atoms with Crippen LogP contribution < -0.4 is 5.32 Å². The normalized spacial score (nSPS) is 12.6. The van der Waals surface area contributed by atoms with Crippen LogP contribution >= 0.6 is 11.8 Å². The van der Waals surface area contributed by atoms with Crippen LogP contribution in [0.4, 0.5) is 0 Å². The first-order valence-corrected chi connectivity index (χ1v) is 9.92. The largest absolute Gasteiger partial charge is 0.468 e. The van der Waals surface area contributed by atoms with Crippen LogP contribution in [0.2, 0.25) is 0 Å². The lowest BCUT2D eigenvalue weighted by molar-refractivity contribution is -0.118. The highest BCUT2D eigenvalue weighted by Crippen LogP contribution is 2.24.